The first-order valence-electron chi connectivity index (χ1n) is 4.89. The summed E-state index contributed by atoms with van der Waals surface area (Å²) in [6.45, 7) is 3.94. The molecule has 0 bridgehead atoms. The zero-order valence-corrected chi connectivity index (χ0v) is 9.82. The summed E-state index contributed by atoms with van der Waals surface area (Å²) in [6, 6.07) is 5.32. The third-order valence-electron chi connectivity index (χ3n) is 2.64. The van der Waals surface area contributed by atoms with E-state index in [1.165, 1.54) is 0 Å². The average Bonchev–Trinajstić information content (AvgIpc) is 2.60. The minimum atomic E-state index is 0.457. The van der Waals surface area contributed by atoms with Crippen molar-refractivity contribution in [2.75, 3.05) is 0 Å². The number of carbonyl (C=O) groups is 1. The molecule has 82 valence electrons. The van der Waals surface area contributed by atoms with Crippen LogP contribution in [0, 0.1) is 13.8 Å². The smallest absolute Gasteiger partial charge is 0.151 e. The van der Waals surface area contributed by atoms with Crippen molar-refractivity contribution in [2.45, 2.75) is 13.8 Å². The molecular weight excluding hydrogens is 224 g/mol. The van der Waals surface area contributed by atoms with Crippen molar-refractivity contribution in [2.24, 2.45) is 0 Å². The Labute approximate surface area is 98.7 Å². The molecule has 0 aliphatic heterocycles. The predicted octanol–water partition coefficient (Wildman–Crippen LogP) is 2.96. The molecule has 16 heavy (non-hydrogen) atoms. The van der Waals surface area contributed by atoms with Gasteiger partial charge in [-0.25, -0.2) is 4.98 Å². The van der Waals surface area contributed by atoms with Gasteiger partial charge < -0.3 is 4.57 Å². The summed E-state index contributed by atoms with van der Waals surface area (Å²) in [4.78, 5) is 14.9. The first-order chi connectivity index (χ1) is 7.63. The van der Waals surface area contributed by atoms with Gasteiger partial charge in [0.25, 0.3) is 0 Å². The Bertz CT molecular complexity index is 546. The van der Waals surface area contributed by atoms with E-state index in [0.29, 0.717) is 10.6 Å². The van der Waals surface area contributed by atoms with Crippen molar-refractivity contribution in [3.63, 3.8) is 0 Å². The number of carbonyl (C=O) groups excluding carboxylic acids is 1. The van der Waals surface area contributed by atoms with Crippen molar-refractivity contribution in [3.05, 3.63) is 46.5 Å². The summed E-state index contributed by atoms with van der Waals surface area (Å²) in [5, 5.41) is 0.457. The molecule has 4 heteroatoms. The molecule has 0 radical (unpaired) electrons. The summed E-state index contributed by atoms with van der Waals surface area (Å²) >= 11 is 5.97. The lowest BCUT2D eigenvalue weighted by Gasteiger charge is -2.06. The van der Waals surface area contributed by atoms with Gasteiger partial charge in [-0.05, 0) is 32.0 Å². The maximum atomic E-state index is 10.6. The molecule has 1 aromatic carbocycles. The van der Waals surface area contributed by atoms with E-state index >= 15 is 0 Å². The lowest BCUT2D eigenvalue weighted by atomic mass is 10.2. The number of nitrogens with zero attached hydrogens (tertiary/aromatic N) is 2. The zero-order valence-electron chi connectivity index (χ0n) is 9.07. The minimum Gasteiger partial charge on any atom is -0.303 e. The number of aldehydes is 1. The molecule has 0 unspecified atom stereocenters. The molecule has 0 N–H and O–H groups in total. The highest BCUT2D eigenvalue weighted by Crippen LogP contribution is 2.20. The molecular formula is C12H11ClN2O. The van der Waals surface area contributed by atoms with Crippen molar-refractivity contribution in [3.8, 4) is 5.69 Å². The number of imidazole rings is 1. The lowest BCUT2D eigenvalue weighted by molar-refractivity contribution is 0.112. The van der Waals surface area contributed by atoms with Crippen LogP contribution in [0.4, 0.5) is 0 Å². The molecule has 0 saturated heterocycles. The quantitative estimate of drug-likeness (QED) is 0.749. The van der Waals surface area contributed by atoms with Gasteiger partial charge in [0, 0.05) is 16.9 Å². The highest BCUT2D eigenvalue weighted by molar-refractivity contribution is 6.33. The topological polar surface area (TPSA) is 34.9 Å². The molecule has 0 saturated carbocycles. The van der Waals surface area contributed by atoms with Crippen molar-refractivity contribution in [1.82, 2.24) is 9.55 Å². The molecule has 1 aromatic heterocycles. The summed E-state index contributed by atoms with van der Waals surface area (Å²) in [7, 11) is 0. The van der Waals surface area contributed by atoms with Crippen LogP contribution < -0.4 is 0 Å². The molecule has 0 spiro atoms. The fourth-order valence-corrected chi connectivity index (χ4v) is 1.74. The Morgan fingerprint density at radius 1 is 1.38 bits per heavy atom. The van der Waals surface area contributed by atoms with E-state index in [4.69, 9.17) is 11.6 Å². The normalized spacial score (nSPS) is 10.4. The van der Waals surface area contributed by atoms with Crippen molar-refractivity contribution in [1.29, 1.82) is 0 Å². The molecule has 0 fully saturated rings. The maximum absolute atomic E-state index is 10.6. The second-order valence-electron chi connectivity index (χ2n) is 3.61. The number of aryl methyl sites for hydroxylation is 1. The van der Waals surface area contributed by atoms with Gasteiger partial charge >= 0.3 is 0 Å². The van der Waals surface area contributed by atoms with E-state index in [9.17, 15) is 4.79 Å². The molecule has 0 atom stereocenters. The SMILES string of the molecule is Cc1ncn(-c2ccc(C=O)c(Cl)c2)c1C. The second-order valence-corrected chi connectivity index (χ2v) is 4.02. The molecule has 2 rings (SSSR count). The van der Waals surface area contributed by atoms with Gasteiger partial charge in [-0.3, -0.25) is 4.79 Å². The van der Waals surface area contributed by atoms with Gasteiger partial charge in [0.15, 0.2) is 6.29 Å². The van der Waals surface area contributed by atoms with Gasteiger partial charge in [-0.2, -0.15) is 0 Å². The van der Waals surface area contributed by atoms with E-state index in [0.717, 1.165) is 23.4 Å². The maximum Gasteiger partial charge on any atom is 0.151 e. The summed E-state index contributed by atoms with van der Waals surface area (Å²) < 4.78 is 1.94. The van der Waals surface area contributed by atoms with Crippen LogP contribution in [0.2, 0.25) is 5.02 Å². The third-order valence-corrected chi connectivity index (χ3v) is 2.97. The number of aromatic nitrogens is 2. The van der Waals surface area contributed by atoms with Crippen LogP contribution in [-0.2, 0) is 0 Å². The third kappa shape index (κ3) is 1.74. The average molecular weight is 235 g/mol. The Morgan fingerprint density at radius 2 is 2.12 bits per heavy atom. The number of halogens is 1. The zero-order chi connectivity index (χ0) is 11.7. The summed E-state index contributed by atoms with van der Waals surface area (Å²) in [6.07, 6.45) is 2.50. The number of hydrogen-bond donors (Lipinski definition) is 0. The van der Waals surface area contributed by atoms with Crippen LogP contribution in [0.15, 0.2) is 24.5 Å². The highest BCUT2D eigenvalue weighted by Gasteiger charge is 2.06. The van der Waals surface area contributed by atoms with Crippen molar-refractivity contribution >= 4 is 17.9 Å². The largest absolute Gasteiger partial charge is 0.303 e. The van der Waals surface area contributed by atoms with E-state index < -0.39 is 0 Å². The molecule has 2 aromatic rings. The fraction of sp³-hybridized carbons (Fsp3) is 0.167. The number of rotatable bonds is 2. The summed E-state index contributed by atoms with van der Waals surface area (Å²) in [5.74, 6) is 0. The van der Waals surface area contributed by atoms with Gasteiger partial charge in [0.05, 0.1) is 17.0 Å². The number of hydrogen-bond acceptors (Lipinski definition) is 2. The standard InChI is InChI=1S/C12H11ClN2O/c1-8-9(2)15(7-14-8)11-4-3-10(6-16)12(13)5-11/h3-7H,1-2H3. The van der Waals surface area contributed by atoms with Gasteiger partial charge in [-0.15, -0.1) is 0 Å². The predicted molar refractivity (Wildman–Crippen MR) is 63.4 cm³/mol. The Hall–Kier alpha value is -1.61. The van der Waals surface area contributed by atoms with E-state index in [1.54, 1.807) is 18.5 Å². The van der Waals surface area contributed by atoms with Crippen LogP contribution in [0.1, 0.15) is 21.7 Å². The van der Waals surface area contributed by atoms with Gasteiger partial charge in [0.2, 0.25) is 0 Å². The van der Waals surface area contributed by atoms with Crippen LogP contribution >= 0.6 is 11.6 Å². The summed E-state index contributed by atoms with van der Waals surface area (Å²) in [5.41, 5.74) is 3.46. The minimum absolute atomic E-state index is 0.457. The van der Waals surface area contributed by atoms with Crippen molar-refractivity contribution < 1.29 is 4.79 Å². The van der Waals surface area contributed by atoms with Gasteiger partial charge in [0.1, 0.15) is 0 Å². The first kappa shape index (κ1) is 10.9. The fourth-order valence-electron chi connectivity index (χ4n) is 1.52. The lowest BCUT2D eigenvalue weighted by Crippen LogP contribution is -1.96. The molecule has 0 aliphatic carbocycles. The first-order valence-corrected chi connectivity index (χ1v) is 5.27. The van der Waals surface area contributed by atoms with Crippen LogP contribution in [-0.4, -0.2) is 15.8 Å². The van der Waals surface area contributed by atoms with Crippen LogP contribution in [0.3, 0.4) is 0 Å². The Balaban J connectivity index is 2.53. The van der Waals surface area contributed by atoms with Crippen LogP contribution in [0.5, 0.6) is 0 Å². The Kier molecular flexibility index (Phi) is 2.79. The van der Waals surface area contributed by atoms with E-state index in [1.807, 2.05) is 24.5 Å². The van der Waals surface area contributed by atoms with Gasteiger partial charge in [-0.1, -0.05) is 11.6 Å². The Morgan fingerprint density at radius 3 is 2.62 bits per heavy atom. The highest BCUT2D eigenvalue weighted by atomic mass is 35.5. The monoisotopic (exact) mass is 234 g/mol. The number of benzene rings is 1. The molecule has 3 nitrogen and oxygen atoms in total. The molecule has 0 amide bonds. The van der Waals surface area contributed by atoms with E-state index in [-0.39, 0.29) is 0 Å². The second kappa shape index (κ2) is 4.10. The van der Waals surface area contributed by atoms with E-state index in [2.05, 4.69) is 4.98 Å². The molecule has 1 heterocycles. The molecule has 0 aliphatic rings. The van der Waals surface area contributed by atoms with Crippen LogP contribution in [0.25, 0.3) is 5.69 Å².